The lowest BCUT2D eigenvalue weighted by Crippen LogP contribution is -2.10. The molecule has 0 atom stereocenters. The van der Waals surface area contributed by atoms with Crippen molar-refractivity contribution < 1.29 is 0 Å². The number of hydrogen-bond donors (Lipinski definition) is 0. The van der Waals surface area contributed by atoms with E-state index in [0.29, 0.717) is 0 Å². The molecule has 86 valence electrons. The van der Waals surface area contributed by atoms with Crippen LogP contribution in [-0.4, -0.2) is 24.0 Å². The van der Waals surface area contributed by atoms with Gasteiger partial charge in [0.05, 0.1) is 0 Å². The third-order valence-electron chi connectivity index (χ3n) is 2.11. The van der Waals surface area contributed by atoms with Gasteiger partial charge in [-0.3, -0.25) is 4.98 Å². The van der Waals surface area contributed by atoms with Crippen LogP contribution < -0.4 is 0 Å². The maximum Gasteiger partial charge on any atom is 0.0313 e. The topological polar surface area (TPSA) is 16.1 Å². The molecule has 0 spiro atoms. The highest BCUT2D eigenvalue weighted by Crippen LogP contribution is 2.06. The van der Waals surface area contributed by atoms with Gasteiger partial charge in [0.25, 0.3) is 0 Å². The Balaban J connectivity index is 2.63. The quantitative estimate of drug-likeness (QED) is 0.704. The average molecular weight is 216 g/mol. The lowest BCUT2D eigenvalue weighted by atomic mass is 10.1. The minimum absolute atomic E-state index is 0.918. The van der Waals surface area contributed by atoms with Gasteiger partial charge in [0.1, 0.15) is 0 Å². The predicted octanol–water partition coefficient (Wildman–Crippen LogP) is 2.82. The van der Waals surface area contributed by atoms with Crippen LogP contribution in [0, 0.1) is 0 Å². The summed E-state index contributed by atoms with van der Waals surface area (Å²) in [5.74, 6) is 0. The molecule has 1 heterocycles. The van der Waals surface area contributed by atoms with Gasteiger partial charge in [-0.25, -0.2) is 0 Å². The number of aromatic nitrogens is 1. The standard InChI is InChI=1S/C14H20N2/c1-12(2)6-5-7-13-8-14(10-15-9-13)11-16(3)4/h5-6,8-10H,1,7,11H2,2-4H3/b6-5+. The van der Waals surface area contributed by atoms with Crippen molar-refractivity contribution >= 4 is 0 Å². The molecule has 0 aromatic carbocycles. The highest BCUT2D eigenvalue weighted by molar-refractivity contribution is 5.22. The zero-order valence-electron chi connectivity index (χ0n) is 10.4. The summed E-state index contributed by atoms with van der Waals surface area (Å²) in [6, 6.07) is 2.20. The average Bonchev–Trinajstić information content (AvgIpc) is 2.16. The Morgan fingerprint density at radius 1 is 1.38 bits per heavy atom. The maximum atomic E-state index is 4.25. The molecule has 0 unspecified atom stereocenters. The van der Waals surface area contributed by atoms with Crippen LogP contribution in [0.2, 0.25) is 0 Å². The molecule has 0 radical (unpaired) electrons. The van der Waals surface area contributed by atoms with Crippen LogP contribution in [0.5, 0.6) is 0 Å². The van der Waals surface area contributed by atoms with Crippen LogP contribution in [-0.2, 0) is 13.0 Å². The summed E-state index contributed by atoms with van der Waals surface area (Å²) in [5, 5.41) is 0. The fourth-order valence-electron chi connectivity index (χ4n) is 1.50. The van der Waals surface area contributed by atoms with Crippen LogP contribution in [0.4, 0.5) is 0 Å². The molecule has 0 saturated carbocycles. The van der Waals surface area contributed by atoms with Gasteiger partial charge < -0.3 is 4.90 Å². The lowest BCUT2D eigenvalue weighted by molar-refractivity contribution is 0.402. The Morgan fingerprint density at radius 2 is 2.06 bits per heavy atom. The molecule has 0 aliphatic rings. The Hall–Kier alpha value is -1.41. The number of allylic oxidation sites excluding steroid dienone is 3. The van der Waals surface area contributed by atoms with Crippen molar-refractivity contribution in [2.75, 3.05) is 14.1 Å². The van der Waals surface area contributed by atoms with E-state index in [4.69, 9.17) is 0 Å². The van der Waals surface area contributed by atoms with E-state index in [1.165, 1.54) is 11.1 Å². The zero-order chi connectivity index (χ0) is 12.0. The first-order chi connectivity index (χ1) is 7.58. The summed E-state index contributed by atoms with van der Waals surface area (Å²) < 4.78 is 0. The van der Waals surface area contributed by atoms with Crippen LogP contribution >= 0.6 is 0 Å². The lowest BCUT2D eigenvalue weighted by Gasteiger charge is -2.09. The van der Waals surface area contributed by atoms with Crippen molar-refractivity contribution in [1.82, 2.24) is 9.88 Å². The molecule has 0 fully saturated rings. The summed E-state index contributed by atoms with van der Waals surface area (Å²) >= 11 is 0. The molecule has 0 bridgehead atoms. The number of rotatable bonds is 5. The second-order valence-electron chi connectivity index (χ2n) is 4.39. The molecule has 0 aliphatic heterocycles. The normalized spacial score (nSPS) is 11.2. The molecular weight excluding hydrogens is 196 g/mol. The van der Waals surface area contributed by atoms with Gasteiger partial charge in [-0.2, -0.15) is 0 Å². The van der Waals surface area contributed by atoms with Crippen molar-refractivity contribution in [3.63, 3.8) is 0 Å². The molecule has 2 heteroatoms. The molecule has 1 rings (SSSR count). The fourth-order valence-corrected chi connectivity index (χ4v) is 1.50. The fraction of sp³-hybridized carbons (Fsp3) is 0.357. The van der Waals surface area contributed by atoms with E-state index in [2.05, 4.69) is 42.7 Å². The van der Waals surface area contributed by atoms with E-state index < -0.39 is 0 Å². The zero-order valence-corrected chi connectivity index (χ0v) is 10.4. The number of nitrogens with zero attached hydrogens (tertiary/aromatic N) is 2. The minimum atomic E-state index is 0.918. The first-order valence-corrected chi connectivity index (χ1v) is 5.47. The third kappa shape index (κ3) is 4.89. The third-order valence-corrected chi connectivity index (χ3v) is 2.11. The van der Waals surface area contributed by atoms with E-state index in [9.17, 15) is 0 Å². The van der Waals surface area contributed by atoms with E-state index in [0.717, 1.165) is 18.5 Å². The first kappa shape index (κ1) is 12.7. The Labute approximate surface area is 98.3 Å². The van der Waals surface area contributed by atoms with Crippen LogP contribution in [0.15, 0.2) is 42.8 Å². The molecule has 0 saturated heterocycles. The maximum absolute atomic E-state index is 4.25. The van der Waals surface area contributed by atoms with Crippen LogP contribution in [0.25, 0.3) is 0 Å². The van der Waals surface area contributed by atoms with Crippen LogP contribution in [0.1, 0.15) is 18.1 Å². The highest BCUT2D eigenvalue weighted by Gasteiger charge is 1.97. The molecule has 0 amide bonds. The molecule has 1 aromatic rings. The van der Waals surface area contributed by atoms with E-state index in [-0.39, 0.29) is 0 Å². The summed E-state index contributed by atoms with van der Waals surface area (Å²) in [6.45, 7) is 6.77. The molecule has 16 heavy (non-hydrogen) atoms. The largest absolute Gasteiger partial charge is 0.305 e. The van der Waals surface area contributed by atoms with Crippen molar-refractivity contribution in [2.24, 2.45) is 0 Å². The SMILES string of the molecule is C=C(C)/C=C/Cc1cncc(CN(C)C)c1. The Bertz CT molecular complexity index is 378. The summed E-state index contributed by atoms with van der Waals surface area (Å²) in [5.41, 5.74) is 3.58. The Morgan fingerprint density at radius 3 is 2.69 bits per heavy atom. The second kappa shape index (κ2) is 6.23. The number of pyridine rings is 1. The smallest absolute Gasteiger partial charge is 0.0313 e. The van der Waals surface area contributed by atoms with Crippen molar-refractivity contribution in [3.8, 4) is 0 Å². The molecular formula is C14H20N2. The first-order valence-electron chi connectivity index (χ1n) is 5.47. The summed E-state index contributed by atoms with van der Waals surface area (Å²) in [6.07, 6.45) is 8.92. The minimum Gasteiger partial charge on any atom is -0.305 e. The van der Waals surface area contributed by atoms with Crippen molar-refractivity contribution in [1.29, 1.82) is 0 Å². The van der Waals surface area contributed by atoms with Crippen molar-refractivity contribution in [3.05, 3.63) is 53.9 Å². The second-order valence-corrected chi connectivity index (χ2v) is 4.39. The van der Waals surface area contributed by atoms with E-state index >= 15 is 0 Å². The number of hydrogen-bond acceptors (Lipinski definition) is 2. The molecule has 1 aromatic heterocycles. The highest BCUT2D eigenvalue weighted by atomic mass is 15.0. The van der Waals surface area contributed by atoms with Gasteiger partial charge in [-0.15, -0.1) is 0 Å². The van der Waals surface area contributed by atoms with Gasteiger partial charge in [-0.05, 0) is 38.6 Å². The van der Waals surface area contributed by atoms with Gasteiger partial charge in [0.15, 0.2) is 0 Å². The summed E-state index contributed by atoms with van der Waals surface area (Å²) in [4.78, 5) is 6.40. The molecule has 2 nitrogen and oxygen atoms in total. The van der Waals surface area contributed by atoms with Crippen LogP contribution in [0.3, 0.4) is 0 Å². The van der Waals surface area contributed by atoms with Gasteiger partial charge >= 0.3 is 0 Å². The molecule has 0 aliphatic carbocycles. The van der Waals surface area contributed by atoms with Gasteiger partial charge in [0.2, 0.25) is 0 Å². The molecule has 0 N–H and O–H groups in total. The summed E-state index contributed by atoms with van der Waals surface area (Å²) in [7, 11) is 4.13. The van der Waals surface area contributed by atoms with E-state index in [1.807, 2.05) is 25.4 Å². The van der Waals surface area contributed by atoms with E-state index in [1.54, 1.807) is 0 Å². The predicted molar refractivity (Wildman–Crippen MR) is 69.3 cm³/mol. The van der Waals surface area contributed by atoms with Gasteiger partial charge in [-0.1, -0.05) is 30.4 Å². The monoisotopic (exact) mass is 216 g/mol. The Kier molecular flexibility index (Phi) is 4.93. The van der Waals surface area contributed by atoms with Crippen molar-refractivity contribution in [2.45, 2.75) is 19.9 Å². The van der Waals surface area contributed by atoms with Gasteiger partial charge in [0, 0.05) is 18.9 Å².